The molecule has 1 saturated heterocycles. The van der Waals surface area contributed by atoms with E-state index in [2.05, 4.69) is 9.97 Å². The van der Waals surface area contributed by atoms with Crippen molar-refractivity contribution in [2.45, 2.75) is 19.0 Å². The third kappa shape index (κ3) is 2.77. The minimum Gasteiger partial charge on any atom is -0.394 e. The first-order chi connectivity index (χ1) is 8.38. The van der Waals surface area contributed by atoms with Crippen LogP contribution < -0.4 is 10.6 Å². The van der Waals surface area contributed by atoms with Gasteiger partial charge in [-0.1, -0.05) is 0 Å². The number of alkyl halides is 3. The first kappa shape index (κ1) is 13.2. The monoisotopic (exact) mass is 280 g/mol. The second-order valence-electron chi connectivity index (χ2n) is 4.24. The summed E-state index contributed by atoms with van der Waals surface area (Å²) in [5.41, 5.74) is 5.91. The van der Waals surface area contributed by atoms with Gasteiger partial charge in [0.15, 0.2) is 5.82 Å². The molecule has 1 atom stereocenters. The van der Waals surface area contributed by atoms with E-state index in [0.29, 0.717) is 13.0 Å². The molecule has 0 aromatic carbocycles. The van der Waals surface area contributed by atoms with Gasteiger partial charge in [-0.25, -0.2) is 4.98 Å². The molecule has 1 aliphatic heterocycles. The molecule has 8 heteroatoms. The fraction of sp³-hybridized carbons (Fsp3) is 0.600. The Hall–Kier alpha value is -1.24. The molecule has 1 aromatic heterocycles. The van der Waals surface area contributed by atoms with Gasteiger partial charge in [-0.2, -0.15) is 18.2 Å². The van der Waals surface area contributed by atoms with Gasteiger partial charge < -0.3 is 10.6 Å². The Balaban J connectivity index is 2.21. The lowest BCUT2D eigenvalue weighted by molar-refractivity contribution is -0.176. The van der Waals surface area contributed by atoms with Crippen LogP contribution in [-0.4, -0.2) is 29.2 Å². The molecule has 0 aliphatic carbocycles. The summed E-state index contributed by atoms with van der Waals surface area (Å²) in [4.78, 5) is 9.10. The van der Waals surface area contributed by atoms with Crippen molar-refractivity contribution >= 4 is 23.1 Å². The minimum absolute atomic E-state index is 0.0201. The summed E-state index contributed by atoms with van der Waals surface area (Å²) in [6.07, 6.45) is -2.30. The summed E-state index contributed by atoms with van der Waals surface area (Å²) in [5.74, 6) is -1.07. The summed E-state index contributed by atoms with van der Waals surface area (Å²) >= 11 is 5.64. The average Bonchev–Trinajstić information content (AvgIpc) is 2.31. The molecule has 1 unspecified atom stereocenters. The maximum atomic E-state index is 12.7. The van der Waals surface area contributed by atoms with Gasteiger partial charge >= 0.3 is 6.18 Å². The van der Waals surface area contributed by atoms with Gasteiger partial charge in [0, 0.05) is 13.1 Å². The minimum atomic E-state index is -4.19. The molecule has 2 heterocycles. The predicted molar refractivity (Wildman–Crippen MR) is 62.4 cm³/mol. The lowest BCUT2D eigenvalue weighted by atomic mass is 9.97. The molecule has 0 spiro atoms. The molecule has 0 bridgehead atoms. The van der Waals surface area contributed by atoms with Crippen molar-refractivity contribution in [3.05, 3.63) is 11.5 Å². The maximum absolute atomic E-state index is 12.7. The van der Waals surface area contributed by atoms with Crippen molar-refractivity contribution in [3.63, 3.8) is 0 Å². The van der Waals surface area contributed by atoms with Crippen LogP contribution in [0.4, 0.5) is 24.7 Å². The van der Waals surface area contributed by atoms with Crippen LogP contribution in [0.25, 0.3) is 0 Å². The molecule has 0 radical (unpaired) electrons. The van der Waals surface area contributed by atoms with E-state index in [1.165, 1.54) is 11.1 Å². The second kappa shape index (κ2) is 4.79. The zero-order valence-corrected chi connectivity index (χ0v) is 10.2. The van der Waals surface area contributed by atoms with E-state index in [-0.39, 0.29) is 29.8 Å². The fourth-order valence-electron chi connectivity index (χ4n) is 2.05. The van der Waals surface area contributed by atoms with Crippen LogP contribution >= 0.6 is 11.6 Å². The Bertz CT molecular complexity index is 438. The lowest BCUT2D eigenvalue weighted by Gasteiger charge is -2.34. The van der Waals surface area contributed by atoms with Crippen LogP contribution in [0, 0.1) is 5.92 Å². The van der Waals surface area contributed by atoms with Crippen LogP contribution in [0.2, 0.25) is 5.28 Å². The zero-order valence-electron chi connectivity index (χ0n) is 9.41. The summed E-state index contributed by atoms with van der Waals surface area (Å²) in [6, 6.07) is 0. The Morgan fingerprint density at radius 2 is 2.17 bits per heavy atom. The van der Waals surface area contributed by atoms with E-state index < -0.39 is 12.1 Å². The average molecular weight is 281 g/mol. The topological polar surface area (TPSA) is 55.0 Å². The van der Waals surface area contributed by atoms with E-state index in [9.17, 15) is 13.2 Å². The number of nitrogens with zero attached hydrogens (tertiary/aromatic N) is 3. The summed E-state index contributed by atoms with van der Waals surface area (Å²) in [6.45, 7) is 0.352. The van der Waals surface area contributed by atoms with Crippen molar-refractivity contribution in [3.8, 4) is 0 Å². The third-order valence-electron chi connectivity index (χ3n) is 2.95. The number of anilines is 2. The molecular formula is C10H12ClF3N4. The number of hydrogen-bond acceptors (Lipinski definition) is 4. The second-order valence-corrected chi connectivity index (χ2v) is 4.58. The highest BCUT2D eigenvalue weighted by atomic mass is 35.5. The molecule has 0 amide bonds. The van der Waals surface area contributed by atoms with E-state index in [1.54, 1.807) is 0 Å². The third-order valence-corrected chi connectivity index (χ3v) is 3.13. The highest BCUT2D eigenvalue weighted by Crippen LogP contribution is 2.35. The van der Waals surface area contributed by atoms with E-state index in [0.717, 1.165) is 0 Å². The summed E-state index contributed by atoms with van der Waals surface area (Å²) < 4.78 is 38.1. The van der Waals surface area contributed by atoms with E-state index in [1.807, 2.05) is 0 Å². The SMILES string of the molecule is Nc1cnc(Cl)nc1N1CCCC(C(F)(F)F)C1. The van der Waals surface area contributed by atoms with Crippen molar-refractivity contribution in [2.75, 3.05) is 23.7 Å². The predicted octanol–water partition coefficient (Wildman–Crippen LogP) is 2.49. The molecule has 2 N–H and O–H groups in total. The Morgan fingerprint density at radius 1 is 1.44 bits per heavy atom. The van der Waals surface area contributed by atoms with Crippen molar-refractivity contribution in [1.29, 1.82) is 0 Å². The molecular weight excluding hydrogens is 269 g/mol. The summed E-state index contributed by atoms with van der Waals surface area (Å²) in [5, 5.41) is -0.0201. The molecule has 1 aliphatic rings. The van der Waals surface area contributed by atoms with Gasteiger partial charge in [-0.15, -0.1) is 0 Å². The number of aromatic nitrogens is 2. The molecule has 1 fully saturated rings. The first-order valence-corrected chi connectivity index (χ1v) is 5.85. The number of rotatable bonds is 1. The summed E-state index contributed by atoms with van der Waals surface area (Å²) in [7, 11) is 0. The van der Waals surface area contributed by atoms with Crippen LogP contribution in [0.5, 0.6) is 0 Å². The van der Waals surface area contributed by atoms with Crippen LogP contribution in [0.1, 0.15) is 12.8 Å². The Labute approximate surface area is 107 Å². The number of nitrogen functional groups attached to an aromatic ring is 1. The number of piperidine rings is 1. The van der Waals surface area contributed by atoms with Gasteiger partial charge in [-0.05, 0) is 24.4 Å². The normalized spacial score (nSPS) is 21.1. The van der Waals surface area contributed by atoms with Gasteiger partial charge in [-0.3, -0.25) is 0 Å². The van der Waals surface area contributed by atoms with Crippen LogP contribution in [0.15, 0.2) is 6.20 Å². The number of nitrogens with two attached hydrogens (primary N) is 1. The van der Waals surface area contributed by atoms with E-state index in [4.69, 9.17) is 17.3 Å². The highest BCUT2D eigenvalue weighted by Gasteiger charge is 2.42. The van der Waals surface area contributed by atoms with Crippen LogP contribution in [0.3, 0.4) is 0 Å². The fourth-order valence-corrected chi connectivity index (χ4v) is 2.18. The van der Waals surface area contributed by atoms with Gasteiger partial charge in [0.05, 0.1) is 17.8 Å². The van der Waals surface area contributed by atoms with Gasteiger partial charge in [0.25, 0.3) is 0 Å². The largest absolute Gasteiger partial charge is 0.394 e. The molecule has 0 saturated carbocycles. The maximum Gasteiger partial charge on any atom is 0.393 e. The van der Waals surface area contributed by atoms with Crippen molar-refractivity contribution in [1.82, 2.24) is 9.97 Å². The standard InChI is InChI=1S/C10H12ClF3N4/c11-9-16-4-7(15)8(17-9)18-3-1-2-6(5-18)10(12,13)14/h4,6H,1-3,5,15H2. The first-order valence-electron chi connectivity index (χ1n) is 5.47. The van der Waals surface area contributed by atoms with Crippen molar-refractivity contribution in [2.24, 2.45) is 5.92 Å². The highest BCUT2D eigenvalue weighted by molar-refractivity contribution is 6.28. The van der Waals surface area contributed by atoms with E-state index >= 15 is 0 Å². The van der Waals surface area contributed by atoms with Gasteiger partial charge in [0.1, 0.15) is 0 Å². The molecule has 18 heavy (non-hydrogen) atoms. The Kier molecular flexibility index (Phi) is 3.52. The molecule has 1 aromatic rings. The zero-order chi connectivity index (χ0) is 13.3. The van der Waals surface area contributed by atoms with Gasteiger partial charge in [0.2, 0.25) is 5.28 Å². The quantitative estimate of drug-likeness (QED) is 0.803. The Morgan fingerprint density at radius 3 is 2.83 bits per heavy atom. The lowest BCUT2D eigenvalue weighted by Crippen LogP contribution is -2.42. The van der Waals surface area contributed by atoms with Crippen LogP contribution in [-0.2, 0) is 0 Å². The molecule has 100 valence electrons. The van der Waals surface area contributed by atoms with Crippen molar-refractivity contribution < 1.29 is 13.2 Å². The number of hydrogen-bond donors (Lipinski definition) is 1. The molecule has 2 rings (SSSR count). The molecule has 4 nitrogen and oxygen atoms in total. The smallest absolute Gasteiger partial charge is 0.393 e. The number of halogens is 4.